The minimum absolute atomic E-state index is 0.229. The molecule has 0 bridgehead atoms. The van der Waals surface area contributed by atoms with E-state index >= 15 is 0 Å². The van der Waals surface area contributed by atoms with E-state index in [2.05, 4.69) is 10.6 Å². The van der Waals surface area contributed by atoms with E-state index in [9.17, 15) is 14.0 Å². The zero-order valence-electron chi connectivity index (χ0n) is 18.7. The number of halogens is 1. The van der Waals surface area contributed by atoms with E-state index < -0.39 is 5.25 Å². The Morgan fingerprint density at radius 1 is 0.743 bits per heavy atom. The van der Waals surface area contributed by atoms with E-state index in [0.717, 1.165) is 16.0 Å². The first-order chi connectivity index (χ1) is 17.1. The molecule has 2 N–H and O–H groups in total. The van der Waals surface area contributed by atoms with Crippen molar-refractivity contribution in [2.24, 2.45) is 0 Å². The Balaban J connectivity index is 1.48. The molecule has 1 atom stereocenters. The average Bonchev–Trinajstić information content (AvgIpc) is 2.89. The maximum Gasteiger partial charge on any atom is 0.248 e. The molecule has 4 rings (SSSR count). The lowest BCUT2D eigenvalue weighted by molar-refractivity contribution is -0.116. The lowest BCUT2D eigenvalue weighted by atomic mass is 10.1. The summed E-state index contributed by atoms with van der Waals surface area (Å²) in [5.41, 5.74) is 2.91. The standard InChI is InChI=1S/C29H23FN2O2S/c30-23-15-17-24(18-16-23)32-29(34)28(22-10-5-2-6-11-22)35-26-13-7-12-25(20-26)31-27(33)19-14-21-8-3-1-4-9-21/h1-20,28H,(H,31,33)(H,32,34)/b19-14+. The summed E-state index contributed by atoms with van der Waals surface area (Å²) in [7, 11) is 0. The van der Waals surface area contributed by atoms with Gasteiger partial charge in [-0.1, -0.05) is 66.7 Å². The Morgan fingerprint density at radius 3 is 2.14 bits per heavy atom. The Hall–Kier alpha value is -4.16. The van der Waals surface area contributed by atoms with Crippen molar-refractivity contribution in [2.45, 2.75) is 10.1 Å². The van der Waals surface area contributed by atoms with Crippen LogP contribution in [0, 0.1) is 5.82 Å². The first kappa shape index (κ1) is 24.0. The Bertz CT molecular complexity index is 1310. The molecule has 2 amide bonds. The summed E-state index contributed by atoms with van der Waals surface area (Å²) in [6, 6.07) is 32.0. The highest BCUT2D eigenvalue weighted by Gasteiger charge is 2.22. The van der Waals surface area contributed by atoms with Gasteiger partial charge in [0.25, 0.3) is 0 Å². The summed E-state index contributed by atoms with van der Waals surface area (Å²) in [6.45, 7) is 0. The number of hydrogen-bond acceptors (Lipinski definition) is 3. The fraction of sp³-hybridized carbons (Fsp3) is 0.0345. The third-order valence-electron chi connectivity index (χ3n) is 5.03. The molecule has 6 heteroatoms. The van der Waals surface area contributed by atoms with E-state index in [-0.39, 0.29) is 17.6 Å². The summed E-state index contributed by atoms with van der Waals surface area (Å²) >= 11 is 1.37. The Labute approximate surface area is 207 Å². The summed E-state index contributed by atoms with van der Waals surface area (Å²) in [6.07, 6.45) is 3.23. The monoisotopic (exact) mass is 482 g/mol. The number of carbonyl (C=O) groups excluding carboxylic acids is 2. The molecule has 0 aromatic heterocycles. The maximum atomic E-state index is 13.2. The van der Waals surface area contributed by atoms with Crippen LogP contribution < -0.4 is 10.6 Å². The van der Waals surface area contributed by atoms with Gasteiger partial charge < -0.3 is 10.6 Å². The van der Waals surface area contributed by atoms with Crippen molar-refractivity contribution < 1.29 is 14.0 Å². The number of benzene rings is 4. The summed E-state index contributed by atoms with van der Waals surface area (Å²) in [4.78, 5) is 26.4. The van der Waals surface area contributed by atoms with Crippen molar-refractivity contribution in [1.29, 1.82) is 0 Å². The maximum absolute atomic E-state index is 13.2. The summed E-state index contributed by atoms with van der Waals surface area (Å²) in [5.74, 6) is -0.841. The van der Waals surface area contributed by atoms with Crippen molar-refractivity contribution in [3.05, 3.63) is 132 Å². The average molecular weight is 483 g/mol. The predicted molar refractivity (Wildman–Crippen MR) is 141 cm³/mol. The largest absolute Gasteiger partial charge is 0.325 e. The van der Waals surface area contributed by atoms with Gasteiger partial charge in [0.05, 0.1) is 0 Å². The molecular weight excluding hydrogens is 459 g/mol. The SMILES string of the molecule is O=C(/C=C/c1ccccc1)Nc1cccc(SC(C(=O)Nc2ccc(F)cc2)c2ccccc2)c1. The van der Waals surface area contributed by atoms with Gasteiger partial charge in [0.2, 0.25) is 11.8 Å². The van der Waals surface area contributed by atoms with E-state index in [4.69, 9.17) is 0 Å². The summed E-state index contributed by atoms with van der Waals surface area (Å²) in [5, 5.41) is 5.18. The highest BCUT2D eigenvalue weighted by Crippen LogP contribution is 2.37. The zero-order valence-corrected chi connectivity index (χ0v) is 19.5. The number of anilines is 2. The molecule has 0 saturated heterocycles. The number of carbonyl (C=O) groups is 2. The number of rotatable bonds is 8. The molecule has 0 aliphatic carbocycles. The van der Waals surface area contributed by atoms with Crippen molar-refractivity contribution >= 4 is 41.0 Å². The quantitative estimate of drug-likeness (QED) is 0.211. The van der Waals surface area contributed by atoms with Crippen LogP contribution in [0.25, 0.3) is 6.08 Å². The van der Waals surface area contributed by atoms with Crippen LogP contribution in [0.5, 0.6) is 0 Å². The third kappa shape index (κ3) is 7.16. The molecule has 35 heavy (non-hydrogen) atoms. The molecule has 4 nitrogen and oxygen atoms in total. The second-order valence-electron chi connectivity index (χ2n) is 7.67. The first-order valence-electron chi connectivity index (χ1n) is 11.0. The lowest BCUT2D eigenvalue weighted by Crippen LogP contribution is -2.19. The molecule has 174 valence electrons. The lowest BCUT2D eigenvalue weighted by Gasteiger charge is -2.17. The number of thioether (sulfide) groups is 1. The van der Waals surface area contributed by atoms with E-state index in [0.29, 0.717) is 11.4 Å². The van der Waals surface area contributed by atoms with Crippen molar-refractivity contribution in [3.8, 4) is 0 Å². The fourth-order valence-corrected chi connectivity index (χ4v) is 4.43. The van der Waals surface area contributed by atoms with Crippen LogP contribution >= 0.6 is 11.8 Å². The molecular formula is C29H23FN2O2S. The zero-order chi connectivity index (χ0) is 24.5. The molecule has 0 saturated carbocycles. The molecule has 0 radical (unpaired) electrons. The molecule has 0 fully saturated rings. The van der Waals surface area contributed by atoms with Gasteiger partial charge in [-0.15, -0.1) is 11.8 Å². The van der Waals surface area contributed by atoms with Crippen LogP contribution in [0.1, 0.15) is 16.4 Å². The molecule has 0 aliphatic rings. The van der Waals surface area contributed by atoms with Crippen molar-refractivity contribution in [1.82, 2.24) is 0 Å². The minimum atomic E-state index is -0.551. The fourth-order valence-electron chi connectivity index (χ4n) is 3.35. The van der Waals surface area contributed by atoms with Crippen LogP contribution in [0.4, 0.5) is 15.8 Å². The second kappa shape index (κ2) is 11.8. The molecule has 0 aliphatic heterocycles. The van der Waals surface area contributed by atoms with E-state index in [1.165, 1.54) is 42.1 Å². The van der Waals surface area contributed by atoms with Crippen LogP contribution in [0.2, 0.25) is 0 Å². The normalized spacial score (nSPS) is 11.7. The highest BCUT2D eigenvalue weighted by molar-refractivity contribution is 8.00. The Kier molecular flexibility index (Phi) is 8.09. The predicted octanol–water partition coefficient (Wildman–Crippen LogP) is 6.95. The van der Waals surface area contributed by atoms with Crippen molar-refractivity contribution in [3.63, 3.8) is 0 Å². The van der Waals surface area contributed by atoms with Gasteiger partial charge in [-0.2, -0.15) is 0 Å². The molecule has 0 heterocycles. The van der Waals surface area contributed by atoms with Gasteiger partial charge in [-0.25, -0.2) is 4.39 Å². The molecule has 4 aromatic rings. The molecule has 1 unspecified atom stereocenters. The van der Waals surface area contributed by atoms with Gasteiger partial charge in [0.1, 0.15) is 11.1 Å². The van der Waals surface area contributed by atoms with Gasteiger partial charge in [0.15, 0.2) is 0 Å². The second-order valence-corrected chi connectivity index (χ2v) is 8.84. The molecule has 4 aromatic carbocycles. The smallest absolute Gasteiger partial charge is 0.248 e. The van der Waals surface area contributed by atoms with E-state index in [1.807, 2.05) is 78.9 Å². The van der Waals surface area contributed by atoms with Gasteiger partial charge in [-0.05, 0) is 59.7 Å². The number of amides is 2. The van der Waals surface area contributed by atoms with Gasteiger partial charge in [0, 0.05) is 22.3 Å². The van der Waals surface area contributed by atoms with Crippen LogP contribution in [0.3, 0.4) is 0 Å². The summed E-state index contributed by atoms with van der Waals surface area (Å²) < 4.78 is 13.2. The van der Waals surface area contributed by atoms with Gasteiger partial charge in [-0.3, -0.25) is 9.59 Å². The van der Waals surface area contributed by atoms with E-state index in [1.54, 1.807) is 12.1 Å². The van der Waals surface area contributed by atoms with Crippen LogP contribution in [-0.2, 0) is 9.59 Å². The van der Waals surface area contributed by atoms with Crippen molar-refractivity contribution in [2.75, 3.05) is 10.6 Å². The minimum Gasteiger partial charge on any atom is -0.325 e. The van der Waals surface area contributed by atoms with Crippen LogP contribution in [0.15, 0.2) is 120 Å². The topological polar surface area (TPSA) is 58.2 Å². The third-order valence-corrected chi connectivity index (χ3v) is 6.28. The van der Waals surface area contributed by atoms with Gasteiger partial charge >= 0.3 is 0 Å². The molecule has 0 spiro atoms. The number of nitrogens with one attached hydrogen (secondary N) is 2. The first-order valence-corrected chi connectivity index (χ1v) is 11.9. The number of hydrogen-bond donors (Lipinski definition) is 2. The van der Waals surface area contributed by atoms with Crippen LogP contribution in [-0.4, -0.2) is 11.8 Å². The highest BCUT2D eigenvalue weighted by atomic mass is 32.2. The Morgan fingerprint density at radius 2 is 1.43 bits per heavy atom.